The summed E-state index contributed by atoms with van der Waals surface area (Å²) < 4.78 is 0. The summed E-state index contributed by atoms with van der Waals surface area (Å²) in [5, 5.41) is 5.05. The van der Waals surface area contributed by atoms with Gasteiger partial charge < -0.3 is 4.90 Å². The van der Waals surface area contributed by atoms with E-state index in [4.69, 9.17) is 0 Å². The Bertz CT molecular complexity index is 3340. The van der Waals surface area contributed by atoms with Crippen LogP contribution in [0.2, 0.25) is 0 Å². The minimum Gasteiger partial charge on any atom is -0.310 e. The van der Waals surface area contributed by atoms with Crippen LogP contribution in [0, 0.1) is 0 Å². The van der Waals surface area contributed by atoms with E-state index < -0.39 is 0 Å². The average molecular weight is 802 g/mol. The van der Waals surface area contributed by atoms with Gasteiger partial charge in [0.25, 0.3) is 0 Å². The predicted molar refractivity (Wildman–Crippen MR) is 269 cm³/mol. The van der Waals surface area contributed by atoms with E-state index in [1.165, 1.54) is 82.7 Å². The Morgan fingerprint density at radius 2 is 0.571 bits per heavy atom. The summed E-state index contributed by atoms with van der Waals surface area (Å²) in [6.45, 7) is 0. The van der Waals surface area contributed by atoms with Crippen molar-refractivity contribution < 1.29 is 0 Å². The van der Waals surface area contributed by atoms with Crippen LogP contribution >= 0.6 is 0 Å². The van der Waals surface area contributed by atoms with Crippen molar-refractivity contribution in [1.82, 2.24) is 0 Å². The van der Waals surface area contributed by atoms with Crippen LogP contribution < -0.4 is 4.90 Å². The highest BCUT2D eigenvalue weighted by molar-refractivity contribution is 6.13. The lowest BCUT2D eigenvalue weighted by Crippen LogP contribution is -2.10. The Hall–Kier alpha value is -8.26. The van der Waals surface area contributed by atoms with Gasteiger partial charge in [0.1, 0.15) is 0 Å². The smallest absolute Gasteiger partial charge is 0.0468 e. The van der Waals surface area contributed by atoms with Crippen molar-refractivity contribution in [1.29, 1.82) is 0 Å². The van der Waals surface area contributed by atoms with Gasteiger partial charge in [-0.2, -0.15) is 0 Å². The van der Waals surface area contributed by atoms with Gasteiger partial charge >= 0.3 is 0 Å². The molecular weight excluding hydrogens is 759 g/mol. The van der Waals surface area contributed by atoms with Crippen molar-refractivity contribution in [3.05, 3.63) is 261 Å². The Morgan fingerprint density at radius 3 is 1.19 bits per heavy atom. The van der Waals surface area contributed by atoms with E-state index in [-0.39, 0.29) is 0 Å². The van der Waals surface area contributed by atoms with Gasteiger partial charge in [0.05, 0.1) is 0 Å². The van der Waals surface area contributed by atoms with Crippen molar-refractivity contribution in [3.63, 3.8) is 0 Å². The zero-order chi connectivity index (χ0) is 42.0. The summed E-state index contributed by atoms with van der Waals surface area (Å²) >= 11 is 0. The van der Waals surface area contributed by atoms with Crippen LogP contribution in [-0.4, -0.2) is 0 Å². The maximum atomic E-state index is 2.39. The lowest BCUT2D eigenvalue weighted by Gasteiger charge is -2.27. The maximum absolute atomic E-state index is 2.39. The second-order valence-electron chi connectivity index (χ2n) is 16.1. The fraction of sp³-hybridized carbons (Fsp3) is 0. The van der Waals surface area contributed by atoms with Crippen LogP contribution in [0.15, 0.2) is 261 Å². The van der Waals surface area contributed by atoms with Gasteiger partial charge in [0.15, 0.2) is 0 Å². The van der Waals surface area contributed by atoms with Gasteiger partial charge in [-0.05, 0) is 131 Å². The molecule has 0 heterocycles. The summed E-state index contributed by atoms with van der Waals surface area (Å²) in [4.78, 5) is 2.39. The third-order valence-electron chi connectivity index (χ3n) is 12.3. The Labute approximate surface area is 369 Å². The van der Waals surface area contributed by atoms with Gasteiger partial charge in [0, 0.05) is 17.1 Å². The first-order valence-electron chi connectivity index (χ1n) is 21.7. The van der Waals surface area contributed by atoms with Crippen molar-refractivity contribution in [2.24, 2.45) is 0 Å². The molecule has 0 aromatic heterocycles. The lowest BCUT2D eigenvalue weighted by atomic mass is 9.88. The fourth-order valence-electron chi connectivity index (χ4n) is 9.17. The summed E-state index contributed by atoms with van der Waals surface area (Å²) in [5.41, 5.74) is 17.6. The van der Waals surface area contributed by atoms with Gasteiger partial charge in [-0.15, -0.1) is 0 Å². The molecule has 1 heteroatoms. The highest BCUT2D eigenvalue weighted by Gasteiger charge is 2.19. The van der Waals surface area contributed by atoms with E-state index in [1.807, 2.05) is 0 Å². The topological polar surface area (TPSA) is 3.24 Å². The first-order chi connectivity index (χ1) is 31.2. The van der Waals surface area contributed by atoms with Gasteiger partial charge in [-0.25, -0.2) is 0 Å². The average Bonchev–Trinajstić information content (AvgIpc) is 3.37. The standard InChI is InChI=1S/C62H43N/c1-4-16-44(17-5-1)46-28-30-49(31-29-46)62-43-54(40-41-60(62)57-25-13-12-23-55(57)48-20-8-3-9-21-48)63(52-36-32-47(33-37-52)45-18-6-2-7-19-45)53-38-34-50(35-39-53)61-42-51-22-10-11-24-56(51)58-26-14-15-27-59(58)61/h1-43H. The number of fused-ring (bicyclic) bond motifs is 3. The molecule has 0 N–H and O–H groups in total. The van der Waals surface area contributed by atoms with Gasteiger partial charge in [0.2, 0.25) is 0 Å². The molecule has 0 amide bonds. The molecular formula is C62H43N. The molecule has 0 aliphatic rings. The number of hydrogen-bond acceptors (Lipinski definition) is 1. The van der Waals surface area contributed by atoms with Crippen LogP contribution in [0.3, 0.4) is 0 Å². The normalized spacial score (nSPS) is 11.2. The summed E-state index contributed by atoms with van der Waals surface area (Å²) in [6, 6.07) is 94.7. The number of rotatable bonds is 9. The molecule has 0 spiro atoms. The minimum atomic E-state index is 1.08. The van der Waals surface area contributed by atoms with E-state index in [0.717, 1.165) is 22.6 Å². The first-order valence-corrected chi connectivity index (χ1v) is 21.7. The molecule has 11 rings (SSSR count). The number of nitrogens with zero attached hydrogens (tertiary/aromatic N) is 1. The van der Waals surface area contributed by atoms with E-state index in [2.05, 4.69) is 266 Å². The Morgan fingerprint density at radius 1 is 0.190 bits per heavy atom. The number of hydrogen-bond donors (Lipinski definition) is 0. The molecule has 11 aromatic carbocycles. The van der Waals surface area contributed by atoms with E-state index in [1.54, 1.807) is 0 Å². The van der Waals surface area contributed by atoms with E-state index >= 15 is 0 Å². The molecule has 0 unspecified atom stereocenters. The van der Waals surface area contributed by atoms with Crippen LogP contribution in [0.4, 0.5) is 17.1 Å². The summed E-state index contributed by atoms with van der Waals surface area (Å²) in [5.74, 6) is 0. The third kappa shape index (κ3) is 7.37. The second kappa shape index (κ2) is 16.7. The molecule has 0 saturated carbocycles. The highest BCUT2D eigenvalue weighted by atomic mass is 15.1. The molecule has 0 saturated heterocycles. The predicted octanol–water partition coefficient (Wildman–Crippen LogP) is 17.5. The van der Waals surface area contributed by atoms with Crippen molar-refractivity contribution in [3.8, 4) is 66.8 Å². The van der Waals surface area contributed by atoms with Crippen LogP contribution in [0.25, 0.3) is 88.3 Å². The zero-order valence-electron chi connectivity index (χ0n) is 34.8. The molecule has 11 aromatic rings. The quantitative estimate of drug-likeness (QED) is 0.131. The summed E-state index contributed by atoms with van der Waals surface area (Å²) in [7, 11) is 0. The third-order valence-corrected chi connectivity index (χ3v) is 12.3. The molecule has 0 bridgehead atoms. The number of anilines is 3. The van der Waals surface area contributed by atoms with E-state index in [9.17, 15) is 0 Å². The van der Waals surface area contributed by atoms with Crippen LogP contribution in [0.1, 0.15) is 0 Å². The largest absolute Gasteiger partial charge is 0.310 e. The molecule has 0 aliphatic heterocycles. The molecule has 0 fully saturated rings. The van der Waals surface area contributed by atoms with Gasteiger partial charge in [-0.1, -0.05) is 218 Å². The molecule has 1 nitrogen and oxygen atoms in total. The van der Waals surface area contributed by atoms with Crippen molar-refractivity contribution in [2.75, 3.05) is 4.90 Å². The summed E-state index contributed by atoms with van der Waals surface area (Å²) in [6.07, 6.45) is 0. The SMILES string of the molecule is c1ccc(-c2ccc(-c3cc(N(c4ccc(-c5ccccc5)cc4)c4ccc(-c5cc6ccccc6c6ccccc56)cc4)ccc3-c3ccccc3-c3ccccc3)cc2)cc1. The first kappa shape index (κ1) is 37.7. The molecule has 296 valence electrons. The van der Waals surface area contributed by atoms with Crippen LogP contribution in [0.5, 0.6) is 0 Å². The maximum Gasteiger partial charge on any atom is 0.0468 e. The van der Waals surface area contributed by atoms with Crippen LogP contribution in [-0.2, 0) is 0 Å². The van der Waals surface area contributed by atoms with E-state index in [0.29, 0.717) is 0 Å². The monoisotopic (exact) mass is 801 g/mol. The fourth-order valence-corrected chi connectivity index (χ4v) is 9.17. The highest BCUT2D eigenvalue weighted by Crippen LogP contribution is 2.44. The Balaban J connectivity index is 1.08. The minimum absolute atomic E-state index is 1.08. The van der Waals surface area contributed by atoms with Crippen molar-refractivity contribution in [2.45, 2.75) is 0 Å². The van der Waals surface area contributed by atoms with Crippen molar-refractivity contribution >= 4 is 38.6 Å². The molecule has 63 heavy (non-hydrogen) atoms. The Kier molecular flexibility index (Phi) is 9.97. The molecule has 0 radical (unpaired) electrons. The second-order valence-corrected chi connectivity index (χ2v) is 16.1. The zero-order valence-corrected chi connectivity index (χ0v) is 34.8. The lowest BCUT2D eigenvalue weighted by molar-refractivity contribution is 1.28. The number of benzene rings is 11. The van der Waals surface area contributed by atoms with Gasteiger partial charge in [-0.3, -0.25) is 0 Å². The molecule has 0 atom stereocenters. The molecule has 0 aliphatic carbocycles.